The van der Waals surface area contributed by atoms with Crippen LogP contribution in [-0.4, -0.2) is 39.2 Å². The molecule has 158 valence electrons. The van der Waals surface area contributed by atoms with E-state index in [1.807, 2.05) is 0 Å². The van der Waals surface area contributed by atoms with Crippen molar-refractivity contribution in [2.45, 2.75) is 19.1 Å². The lowest BCUT2D eigenvalue weighted by molar-refractivity contribution is -0.142. The van der Waals surface area contributed by atoms with E-state index in [0.717, 1.165) is 18.5 Å². The molecule has 2 heterocycles. The molecule has 30 heavy (non-hydrogen) atoms. The average molecular weight is 426 g/mol. The van der Waals surface area contributed by atoms with Gasteiger partial charge >= 0.3 is 6.18 Å². The van der Waals surface area contributed by atoms with Crippen LogP contribution in [0.5, 0.6) is 5.75 Å². The SMILES string of the molecule is COc1cccc(-c2cc(C(F)F)nc(N/N=C\c3ccn(CC(F)(F)F)n3)n2)c1. The summed E-state index contributed by atoms with van der Waals surface area (Å²) in [6, 6.07) is 9.13. The molecule has 0 spiro atoms. The highest BCUT2D eigenvalue weighted by Gasteiger charge is 2.28. The Bertz CT molecular complexity index is 1030. The quantitative estimate of drug-likeness (QED) is 0.346. The summed E-state index contributed by atoms with van der Waals surface area (Å²) in [5, 5.41) is 7.45. The predicted octanol–water partition coefficient (Wildman–Crippen LogP) is 4.29. The molecule has 0 aliphatic heterocycles. The first-order valence-electron chi connectivity index (χ1n) is 8.44. The van der Waals surface area contributed by atoms with E-state index in [9.17, 15) is 22.0 Å². The molecule has 2 aromatic heterocycles. The maximum Gasteiger partial charge on any atom is 0.408 e. The van der Waals surface area contributed by atoms with Gasteiger partial charge in [0, 0.05) is 11.8 Å². The summed E-state index contributed by atoms with van der Waals surface area (Å²) < 4.78 is 69.4. The van der Waals surface area contributed by atoms with Crippen LogP contribution < -0.4 is 10.2 Å². The van der Waals surface area contributed by atoms with Gasteiger partial charge in [0.1, 0.15) is 23.7 Å². The molecule has 0 bridgehead atoms. The van der Waals surface area contributed by atoms with Crippen LogP contribution in [0, 0.1) is 0 Å². The van der Waals surface area contributed by atoms with Crippen molar-refractivity contribution in [1.82, 2.24) is 19.7 Å². The standard InChI is InChI=1S/C18H15F5N6O/c1-30-13-4-2-3-11(7-13)14-8-15(16(19)20)26-17(25-14)27-24-9-12-5-6-29(28-12)10-18(21,22)23/h2-9,16H,10H2,1H3,(H,25,26,27)/b24-9-. The Morgan fingerprint density at radius 3 is 2.70 bits per heavy atom. The molecule has 0 unspecified atom stereocenters. The summed E-state index contributed by atoms with van der Waals surface area (Å²) in [7, 11) is 1.47. The molecule has 1 aromatic carbocycles. The molecule has 0 amide bonds. The minimum atomic E-state index is -4.40. The minimum absolute atomic E-state index is 0.129. The van der Waals surface area contributed by atoms with Gasteiger partial charge in [-0.3, -0.25) is 4.68 Å². The number of hydrogen-bond donors (Lipinski definition) is 1. The van der Waals surface area contributed by atoms with E-state index in [1.54, 1.807) is 24.3 Å². The maximum atomic E-state index is 13.2. The van der Waals surface area contributed by atoms with Gasteiger partial charge in [-0.05, 0) is 24.3 Å². The number of hydrazone groups is 1. The van der Waals surface area contributed by atoms with E-state index in [1.165, 1.54) is 13.2 Å². The van der Waals surface area contributed by atoms with E-state index in [0.29, 0.717) is 16.0 Å². The van der Waals surface area contributed by atoms with Crippen LogP contribution >= 0.6 is 0 Å². The molecule has 0 saturated heterocycles. The first kappa shape index (κ1) is 21.1. The first-order valence-corrected chi connectivity index (χ1v) is 8.44. The van der Waals surface area contributed by atoms with Gasteiger partial charge in [-0.2, -0.15) is 23.4 Å². The Hall–Kier alpha value is -3.57. The zero-order chi connectivity index (χ0) is 21.7. The zero-order valence-corrected chi connectivity index (χ0v) is 15.4. The van der Waals surface area contributed by atoms with E-state index in [-0.39, 0.29) is 17.3 Å². The number of methoxy groups -OCH3 is 1. The normalized spacial score (nSPS) is 12.0. The second kappa shape index (κ2) is 8.84. The number of aromatic nitrogens is 4. The fraction of sp³-hybridized carbons (Fsp3) is 0.222. The molecule has 0 aliphatic rings. The summed E-state index contributed by atoms with van der Waals surface area (Å²) in [5.74, 6) is 0.309. The van der Waals surface area contributed by atoms with Crippen LogP contribution in [0.4, 0.5) is 27.9 Å². The van der Waals surface area contributed by atoms with Gasteiger partial charge in [0.25, 0.3) is 6.43 Å². The lowest BCUT2D eigenvalue weighted by Gasteiger charge is -2.08. The molecule has 1 N–H and O–H groups in total. The molecule has 0 atom stereocenters. The Kier molecular flexibility index (Phi) is 6.23. The number of ether oxygens (including phenoxy) is 1. The largest absolute Gasteiger partial charge is 0.497 e. The summed E-state index contributed by atoms with van der Waals surface area (Å²) in [4.78, 5) is 7.84. The summed E-state index contributed by atoms with van der Waals surface area (Å²) >= 11 is 0. The van der Waals surface area contributed by atoms with Crippen molar-refractivity contribution in [2.24, 2.45) is 5.10 Å². The fourth-order valence-corrected chi connectivity index (χ4v) is 2.43. The number of alkyl halides is 5. The monoisotopic (exact) mass is 426 g/mol. The zero-order valence-electron chi connectivity index (χ0n) is 15.4. The van der Waals surface area contributed by atoms with Crippen molar-refractivity contribution in [1.29, 1.82) is 0 Å². The summed E-state index contributed by atoms with van der Waals surface area (Å²) in [6.45, 7) is -1.24. The number of nitrogens with zero attached hydrogens (tertiary/aromatic N) is 5. The molecular formula is C18H15F5N6O. The van der Waals surface area contributed by atoms with Gasteiger partial charge in [-0.1, -0.05) is 12.1 Å². The third-order valence-electron chi connectivity index (χ3n) is 3.70. The van der Waals surface area contributed by atoms with Gasteiger partial charge < -0.3 is 4.74 Å². The lowest BCUT2D eigenvalue weighted by atomic mass is 10.1. The van der Waals surface area contributed by atoms with Gasteiger partial charge in [0.15, 0.2) is 0 Å². The molecule has 7 nitrogen and oxygen atoms in total. The van der Waals surface area contributed by atoms with Crippen LogP contribution in [-0.2, 0) is 6.54 Å². The Morgan fingerprint density at radius 2 is 2.00 bits per heavy atom. The highest BCUT2D eigenvalue weighted by Crippen LogP contribution is 2.27. The average Bonchev–Trinajstić information content (AvgIpc) is 3.13. The fourth-order valence-electron chi connectivity index (χ4n) is 2.43. The van der Waals surface area contributed by atoms with Crippen LogP contribution in [0.15, 0.2) is 47.7 Å². The van der Waals surface area contributed by atoms with E-state index in [4.69, 9.17) is 4.74 Å². The number of nitrogens with one attached hydrogen (secondary N) is 1. The Morgan fingerprint density at radius 1 is 1.20 bits per heavy atom. The van der Waals surface area contributed by atoms with Gasteiger partial charge in [-0.25, -0.2) is 24.2 Å². The number of benzene rings is 1. The van der Waals surface area contributed by atoms with Gasteiger partial charge in [-0.15, -0.1) is 0 Å². The van der Waals surface area contributed by atoms with E-state index >= 15 is 0 Å². The van der Waals surface area contributed by atoms with Crippen LogP contribution in [0.25, 0.3) is 11.3 Å². The Labute approximate surface area is 167 Å². The van der Waals surface area contributed by atoms with Crippen molar-refractivity contribution in [3.8, 4) is 17.0 Å². The molecular weight excluding hydrogens is 411 g/mol. The van der Waals surface area contributed by atoms with Crippen molar-refractivity contribution in [3.63, 3.8) is 0 Å². The molecule has 12 heteroatoms. The highest BCUT2D eigenvalue weighted by atomic mass is 19.4. The molecule has 0 radical (unpaired) electrons. The molecule has 0 aliphatic carbocycles. The number of rotatable bonds is 7. The first-order chi connectivity index (χ1) is 14.2. The van der Waals surface area contributed by atoms with Crippen molar-refractivity contribution in [3.05, 3.63) is 54.0 Å². The van der Waals surface area contributed by atoms with E-state index < -0.39 is 24.8 Å². The Balaban J connectivity index is 1.80. The second-order valence-electron chi connectivity index (χ2n) is 5.96. The maximum absolute atomic E-state index is 13.2. The van der Waals surface area contributed by atoms with Crippen LogP contribution in [0.1, 0.15) is 17.8 Å². The third-order valence-corrected chi connectivity index (χ3v) is 3.70. The number of halogens is 5. The van der Waals surface area contributed by atoms with Crippen LogP contribution in [0.3, 0.4) is 0 Å². The molecule has 0 saturated carbocycles. The summed E-state index contributed by atoms with van der Waals surface area (Å²) in [6.07, 6.45) is -4.99. The molecule has 3 aromatic rings. The minimum Gasteiger partial charge on any atom is -0.497 e. The predicted molar refractivity (Wildman–Crippen MR) is 98.5 cm³/mol. The van der Waals surface area contributed by atoms with Crippen LogP contribution in [0.2, 0.25) is 0 Å². The second-order valence-corrected chi connectivity index (χ2v) is 5.96. The summed E-state index contributed by atoms with van der Waals surface area (Å²) in [5.41, 5.74) is 2.75. The molecule has 0 fully saturated rings. The topological polar surface area (TPSA) is 77.2 Å². The lowest BCUT2D eigenvalue weighted by Crippen LogP contribution is -2.18. The number of hydrogen-bond acceptors (Lipinski definition) is 6. The van der Waals surface area contributed by atoms with Gasteiger partial charge in [0.05, 0.1) is 19.0 Å². The van der Waals surface area contributed by atoms with Crippen molar-refractivity contribution in [2.75, 3.05) is 12.5 Å². The van der Waals surface area contributed by atoms with Crippen molar-refractivity contribution < 1.29 is 26.7 Å². The number of anilines is 1. The smallest absolute Gasteiger partial charge is 0.408 e. The molecule has 3 rings (SSSR count). The highest BCUT2D eigenvalue weighted by molar-refractivity contribution is 5.77. The van der Waals surface area contributed by atoms with Gasteiger partial charge in [0.2, 0.25) is 5.95 Å². The third kappa shape index (κ3) is 5.72. The van der Waals surface area contributed by atoms with Crippen molar-refractivity contribution >= 4 is 12.2 Å². The van der Waals surface area contributed by atoms with E-state index in [2.05, 4.69) is 25.6 Å².